The Bertz CT molecular complexity index is 503. The Morgan fingerprint density at radius 2 is 1.89 bits per heavy atom. The zero-order valence-corrected chi connectivity index (χ0v) is 14.4. The zero-order chi connectivity index (χ0) is 14.0. The Balaban J connectivity index is 2.09. The maximum absolute atomic E-state index is 12.1. The van der Waals surface area contributed by atoms with E-state index in [0.717, 1.165) is 13.4 Å². The molecule has 1 saturated heterocycles. The number of benzene rings is 1. The molecule has 5 nitrogen and oxygen atoms in total. The number of hydrogen-bond donors (Lipinski definition) is 3. The molecule has 0 aliphatic carbocycles. The van der Waals surface area contributed by atoms with Crippen molar-refractivity contribution in [2.75, 3.05) is 18.4 Å². The molecule has 1 atom stereocenters. The first kappa shape index (κ1) is 15.0. The summed E-state index contributed by atoms with van der Waals surface area (Å²) in [6.45, 7) is 0.442. The number of amides is 2. The third-order valence-electron chi connectivity index (χ3n) is 2.58. The van der Waals surface area contributed by atoms with E-state index in [4.69, 9.17) is 0 Å². The molecular formula is C11H10Br3N3O2. The van der Waals surface area contributed by atoms with Gasteiger partial charge >= 0.3 is 0 Å². The standard InChI is InChI=1S/C11H10Br3N3O2/c12-5-1-6(13)10(7(14)2-5)17-11(19)8-3-16-9(18)4-15-8/h1-2,8,15H,3-4H2,(H,16,18)(H,17,19). The highest BCUT2D eigenvalue weighted by atomic mass is 79.9. The molecule has 1 aliphatic rings. The van der Waals surface area contributed by atoms with E-state index >= 15 is 0 Å². The molecule has 1 fully saturated rings. The maximum atomic E-state index is 12.1. The molecule has 1 heterocycles. The minimum atomic E-state index is -0.430. The van der Waals surface area contributed by atoms with Crippen LogP contribution in [0.5, 0.6) is 0 Å². The number of anilines is 1. The van der Waals surface area contributed by atoms with E-state index in [-0.39, 0.29) is 24.9 Å². The fraction of sp³-hybridized carbons (Fsp3) is 0.273. The normalized spacial score (nSPS) is 18.9. The van der Waals surface area contributed by atoms with Gasteiger partial charge in [-0.1, -0.05) is 15.9 Å². The lowest BCUT2D eigenvalue weighted by Crippen LogP contribution is -2.56. The van der Waals surface area contributed by atoms with Gasteiger partial charge in [0.2, 0.25) is 11.8 Å². The molecule has 0 saturated carbocycles. The fourth-order valence-corrected chi connectivity index (χ4v) is 4.08. The van der Waals surface area contributed by atoms with Gasteiger partial charge in [0.15, 0.2) is 0 Å². The van der Waals surface area contributed by atoms with Gasteiger partial charge in [-0.25, -0.2) is 0 Å². The topological polar surface area (TPSA) is 70.2 Å². The van der Waals surface area contributed by atoms with Crippen molar-refractivity contribution >= 4 is 65.3 Å². The highest BCUT2D eigenvalue weighted by molar-refractivity contribution is 9.11. The number of carbonyl (C=O) groups excluding carboxylic acids is 2. The predicted octanol–water partition coefficient (Wildman–Crippen LogP) is 2.00. The first-order chi connectivity index (χ1) is 8.97. The summed E-state index contributed by atoms with van der Waals surface area (Å²) in [7, 11) is 0. The molecule has 0 bridgehead atoms. The largest absolute Gasteiger partial charge is 0.353 e. The van der Waals surface area contributed by atoms with Crippen LogP contribution in [0.3, 0.4) is 0 Å². The minimum Gasteiger partial charge on any atom is -0.353 e. The number of piperazine rings is 1. The van der Waals surface area contributed by atoms with Crippen molar-refractivity contribution in [3.63, 3.8) is 0 Å². The third-order valence-corrected chi connectivity index (χ3v) is 4.29. The molecule has 102 valence electrons. The van der Waals surface area contributed by atoms with Crippen LogP contribution in [0.1, 0.15) is 0 Å². The quantitative estimate of drug-likeness (QED) is 0.639. The van der Waals surface area contributed by atoms with Crippen LogP contribution in [-0.2, 0) is 9.59 Å². The highest BCUT2D eigenvalue weighted by Gasteiger charge is 2.24. The number of nitrogens with one attached hydrogen (secondary N) is 3. The Labute approximate surface area is 135 Å². The monoisotopic (exact) mass is 453 g/mol. The van der Waals surface area contributed by atoms with Gasteiger partial charge in [-0.2, -0.15) is 0 Å². The van der Waals surface area contributed by atoms with Crippen molar-refractivity contribution < 1.29 is 9.59 Å². The van der Waals surface area contributed by atoms with E-state index in [9.17, 15) is 9.59 Å². The number of rotatable bonds is 2. The van der Waals surface area contributed by atoms with Crippen LogP contribution >= 0.6 is 47.8 Å². The van der Waals surface area contributed by atoms with Gasteiger partial charge in [0.1, 0.15) is 6.04 Å². The molecule has 2 amide bonds. The van der Waals surface area contributed by atoms with Gasteiger partial charge in [-0.05, 0) is 44.0 Å². The van der Waals surface area contributed by atoms with E-state index in [1.807, 2.05) is 12.1 Å². The summed E-state index contributed by atoms with van der Waals surface area (Å²) in [5.74, 6) is -0.293. The Kier molecular flexibility index (Phi) is 4.99. The van der Waals surface area contributed by atoms with Crippen molar-refractivity contribution in [1.82, 2.24) is 10.6 Å². The average Bonchev–Trinajstić information content (AvgIpc) is 2.34. The van der Waals surface area contributed by atoms with Crippen molar-refractivity contribution in [2.45, 2.75) is 6.04 Å². The summed E-state index contributed by atoms with van der Waals surface area (Å²) in [4.78, 5) is 23.1. The zero-order valence-electron chi connectivity index (χ0n) is 9.60. The Morgan fingerprint density at radius 1 is 1.26 bits per heavy atom. The third kappa shape index (κ3) is 3.77. The molecule has 2 rings (SSSR count). The van der Waals surface area contributed by atoms with Crippen LogP contribution < -0.4 is 16.0 Å². The predicted molar refractivity (Wildman–Crippen MR) is 83.0 cm³/mol. The van der Waals surface area contributed by atoms with Crippen LogP contribution in [-0.4, -0.2) is 30.9 Å². The second-order valence-electron chi connectivity index (χ2n) is 3.97. The second-order valence-corrected chi connectivity index (χ2v) is 6.60. The average molecular weight is 456 g/mol. The van der Waals surface area contributed by atoms with Crippen molar-refractivity contribution in [2.24, 2.45) is 0 Å². The molecule has 3 N–H and O–H groups in total. The van der Waals surface area contributed by atoms with Crippen LogP contribution in [0.2, 0.25) is 0 Å². The van der Waals surface area contributed by atoms with Crippen molar-refractivity contribution in [3.05, 3.63) is 25.6 Å². The minimum absolute atomic E-state index is 0.102. The van der Waals surface area contributed by atoms with Crippen LogP contribution in [0.15, 0.2) is 25.6 Å². The lowest BCUT2D eigenvalue weighted by Gasteiger charge is -2.23. The summed E-state index contributed by atoms with van der Waals surface area (Å²) >= 11 is 10.2. The molecule has 1 aromatic carbocycles. The molecule has 8 heteroatoms. The summed E-state index contributed by atoms with van der Waals surface area (Å²) < 4.78 is 2.43. The first-order valence-electron chi connectivity index (χ1n) is 5.43. The van der Waals surface area contributed by atoms with Gasteiger partial charge < -0.3 is 10.6 Å². The Hall–Kier alpha value is -0.440. The number of halogens is 3. The van der Waals surface area contributed by atoms with Gasteiger partial charge in [0, 0.05) is 20.0 Å². The van der Waals surface area contributed by atoms with E-state index in [1.165, 1.54) is 0 Å². The molecule has 0 radical (unpaired) electrons. The molecule has 1 unspecified atom stereocenters. The summed E-state index contributed by atoms with van der Waals surface area (Å²) in [6.07, 6.45) is 0. The van der Waals surface area contributed by atoms with Gasteiger partial charge in [0.25, 0.3) is 0 Å². The van der Waals surface area contributed by atoms with E-state index in [2.05, 4.69) is 63.7 Å². The van der Waals surface area contributed by atoms with E-state index in [0.29, 0.717) is 5.69 Å². The molecule has 0 aromatic heterocycles. The second kappa shape index (κ2) is 6.34. The first-order valence-corrected chi connectivity index (χ1v) is 7.81. The highest BCUT2D eigenvalue weighted by Crippen LogP contribution is 2.34. The number of hydrogen-bond acceptors (Lipinski definition) is 3. The van der Waals surface area contributed by atoms with Crippen LogP contribution in [0.25, 0.3) is 0 Å². The molecule has 0 spiro atoms. The molecule has 1 aromatic rings. The molecule has 19 heavy (non-hydrogen) atoms. The van der Waals surface area contributed by atoms with Gasteiger partial charge in [-0.15, -0.1) is 0 Å². The molecular weight excluding hydrogens is 446 g/mol. The maximum Gasteiger partial charge on any atom is 0.243 e. The van der Waals surface area contributed by atoms with Crippen LogP contribution in [0, 0.1) is 0 Å². The van der Waals surface area contributed by atoms with Crippen LogP contribution in [0.4, 0.5) is 5.69 Å². The lowest BCUT2D eigenvalue weighted by molar-refractivity contribution is -0.124. The Morgan fingerprint density at radius 3 is 2.42 bits per heavy atom. The lowest BCUT2D eigenvalue weighted by atomic mass is 10.2. The van der Waals surface area contributed by atoms with Gasteiger partial charge in [0.05, 0.1) is 12.2 Å². The van der Waals surface area contributed by atoms with E-state index in [1.54, 1.807) is 0 Å². The SMILES string of the molecule is O=C1CNC(C(=O)Nc2c(Br)cc(Br)cc2Br)CN1. The van der Waals surface area contributed by atoms with Gasteiger partial charge in [-0.3, -0.25) is 14.9 Å². The summed E-state index contributed by atoms with van der Waals surface area (Å²) in [5, 5.41) is 8.34. The molecule has 1 aliphatic heterocycles. The number of carbonyl (C=O) groups is 2. The smallest absolute Gasteiger partial charge is 0.243 e. The van der Waals surface area contributed by atoms with Crippen molar-refractivity contribution in [3.8, 4) is 0 Å². The summed E-state index contributed by atoms with van der Waals surface area (Å²) in [5.41, 5.74) is 0.659. The van der Waals surface area contributed by atoms with Crippen molar-refractivity contribution in [1.29, 1.82) is 0 Å². The summed E-state index contributed by atoms with van der Waals surface area (Å²) in [6, 6.07) is 3.26. The van der Waals surface area contributed by atoms with E-state index < -0.39 is 6.04 Å². The fourth-order valence-electron chi connectivity index (χ4n) is 1.62.